The third-order valence-corrected chi connectivity index (χ3v) is 3.17. The molecule has 0 saturated heterocycles. The Morgan fingerprint density at radius 2 is 2.33 bits per heavy atom. The van der Waals surface area contributed by atoms with E-state index in [0.29, 0.717) is 5.92 Å². The Hall–Kier alpha value is -0.590. The second kappa shape index (κ2) is 3.88. The van der Waals surface area contributed by atoms with Gasteiger partial charge in [-0.15, -0.1) is 6.58 Å². The van der Waals surface area contributed by atoms with Gasteiger partial charge in [0.25, 0.3) is 0 Å². The van der Waals surface area contributed by atoms with Crippen LogP contribution in [0.15, 0.2) is 12.7 Å². The van der Waals surface area contributed by atoms with Gasteiger partial charge in [-0.1, -0.05) is 25.8 Å². The van der Waals surface area contributed by atoms with Crippen molar-refractivity contribution in [2.75, 3.05) is 0 Å². The maximum Gasteiger partial charge on any atom is 0.126 e. The summed E-state index contributed by atoms with van der Waals surface area (Å²) in [5, 5.41) is 0. The molecule has 0 radical (unpaired) electrons. The molecule has 0 aromatic heterocycles. The monoisotopic (exact) mass is 166 g/mol. The fraction of sp³-hybridized carbons (Fsp3) is 0.727. The molecular formula is C11H18O. The lowest BCUT2D eigenvalue weighted by atomic mass is 9.67. The van der Waals surface area contributed by atoms with Gasteiger partial charge in [0.2, 0.25) is 0 Å². The van der Waals surface area contributed by atoms with Gasteiger partial charge in [0, 0.05) is 5.41 Å². The second-order valence-corrected chi connectivity index (χ2v) is 4.09. The fourth-order valence-corrected chi connectivity index (χ4v) is 2.17. The summed E-state index contributed by atoms with van der Waals surface area (Å²) < 4.78 is 0. The molecular weight excluding hydrogens is 148 g/mol. The third-order valence-electron chi connectivity index (χ3n) is 3.17. The molecule has 12 heavy (non-hydrogen) atoms. The standard InChI is InChI=1S/C11H18O/c1-3-6-10-7-4-5-8-11(10,2)9-12/h3,9-10H,1,4-8H2,2H3. The smallest absolute Gasteiger partial charge is 0.126 e. The summed E-state index contributed by atoms with van der Waals surface area (Å²) in [6.07, 6.45) is 8.84. The first-order valence-electron chi connectivity index (χ1n) is 4.80. The molecule has 1 aliphatic rings. The number of allylic oxidation sites excluding steroid dienone is 1. The van der Waals surface area contributed by atoms with E-state index in [1.54, 1.807) is 0 Å². The van der Waals surface area contributed by atoms with Crippen molar-refractivity contribution in [3.63, 3.8) is 0 Å². The van der Waals surface area contributed by atoms with Crippen LogP contribution in [0.25, 0.3) is 0 Å². The molecule has 1 heteroatoms. The van der Waals surface area contributed by atoms with Crippen molar-refractivity contribution < 1.29 is 4.79 Å². The summed E-state index contributed by atoms with van der Waals surface area (Å²) in [7, 11) is 0. The van der Waals surface area contributed by atoms with Crippen LogP contribution in [0.3, 0.4) is 0 Å². The van der Waals surface area contributed by atoms with Crippen LogP contribution >= 0.6 is 0 Å². The van der Waals surface area contributed by atoms with Gasteiger partial charge in [-0.05, 0) is 25.2 Å². The van der Waals surface area contributed by atoms with Crippen molar-refractivity contribution in [2.45, 2.75) is 39.0 Å². The Kier molecular flexibility index (Phi) is 3.07. The first-order valence-corrected chi connectivity index (χ1v) is 4.80. The first kappa shape index (κ1) is 9.50. The largest absolute Gasteiger partial charge is 0.303 e. The zero-order chi connectivity index (χ0) is 9.03. The Labute approximate surface area is 74.9 Å². The predicted octanol–water partition coefficient (Wildman–Crippen LogP) is 2.96. The lowest BCUT2D eigenvalue weighted by Gasteiger charge is -2.36. The van der Waals surface area contributed by atoms with Crippen LogP contribution in [0.4, 0.5) is 0 Å². The van der Waals surface area contributed by atoms with Crippen LogP contribution < -0.4 is 0 Å². The van der Waals surface area contributed by atoms with E-state index in [-0.39, 0.29) is 5.41 Å². The van der Waals surface area contributed by atoms with Crippen LogP contribution in [0, 0.1) is 11.3 Å². The zero-order valence-electron chi connectivity index (χ0n) is 7.88. The molecule has 1 fully saturated rings. The van der Waals surface area contributed by atoms with E-state index in [9.17, 15) is 4.79 Å². The Bertz CT molecular complexity index is 174. The summed E-state index contributed by atoms with van der Waals surface area (Å²) >= 11 is 0. The molecule has 2 atom stereocenters. The average molecular weight is 166 g/mol. The molecule has 0 spiro atoms. The Morgan fingerprint density at radius 1 is 1.58 bits per heavy atom. The highest BCUT2D eigenvalue weighted by atomic mass is 16.1. The van der Waals surface area contributed by atoms with Gasteiger partial charge >= 0.3 is 0 Å². The summed E-state index contributed by atoms with van der Waals surface area (Å²) in [4.78, 5) is 10.9. The Balaban J connectivity index is 2.65. The van der Waals surface area contributed by atoms with Gasteiger partial charge in [0.05, 0.1) is 0 Å². The van der Waals surface area contributed by atoms with Crippen LogP contribution in [0.2, 0.25) is 0 Å². The molecule has 1 aliphatic carbocycles. The number of rotatable bonds is 3. The lowest BCUT2D eigenvalue weighted by Crippen LogP contribution is -2.31. The van der Waals surface area contributed by atoms with E-state index >= 15 is 0 Å². The minimum absolute atomic E-state index is 0.0631. The lowest BCUT2D eigenvalue weighted by molar-refractivity contribution is -0.119. The average Bonchev–Trinajstić information content (AvgIpc) is 2.10. The third kappa shape index (κ3) is 1.77. The highest BCUT2D eigenvalue weighted by Gasteiger charge is 2.35. The normalized spacial score (nSPS) is 35.9. The molecule has 1 nitrogen and oxygen atoms in total. The molecule has 0 aromatic carbocycles. The number of aldehydes is 1. The minimum Gasteiger partial charge on any atom is -0.303 e. The number of carbonyl (C=O) groups excluding carboxylic acids is 1. The molecule has 0 aromatic rings. The van der Waals surface area contributed by atoms with Crippen LogP contribution in [-0.4, -0.2) is 6.29 Å². The van der Waals surface area contributed by atoms with Crippen LogP contribution in [0.1, 0.15) is 39.0 Å². The van der Waals surface area contributed by atoms with E-state index in [1.165, 1.54) is 19.3 Å². The molecule has 0 bridgehead atoms. The predicted molar refractivity (Wildman–Crippen MR) is 50.9 cm³/mol. The molecule has 0 heterocycles. The maximum absolute atomic E-state index is 10.9. The zero-order valence-corrected chi connectivity index (χ0v) is 7.88. The molecule has 1 rings (SSSR count). The summed E-state index contributed by atoms with van der Waals surface area (Å²) in [5.74, 6) is 0.543. The van der Waals surface area contributed by atoms with Crippen molar-refractivity contribution in [3.05, 3.63) is 12.7 Å². The topological polar surface area (TPSA) is 17.1 Å². The number of hydrogen-bond acceptors (Lipinski definition) is 1. The van der Waals surface area contributed by atoms with Gasteiger partial charge in [-0.2, -0.15) is 0 Å². The highest BCUT2D eigenvalue weighted by molar-refractivity contribution is 5.59. The van der Waals surface area contributed by atoms with Gasteiger partial charge in [-0.25, -0.2) is 0 Å². The maximum atomic E-state index is 10.9. The van der Waals surface area contributed by atoms with Crippen molar-refractivity contribution in [1.29, 1.82) is 0 Å². The van der Waals surface area contributed by atoms with Gasteiger partial charge in [-0.3, -0.25) is 0 Å². The quantitative estimate of drug-likeness (QED) is 0.465. The highest BCUT2D eigenvalue weighted by Crippen LogP contribution is 2.41. The molecule has 0 amide bonds. The summed E-state index contributed by atoms with van der Waals surface area (Å²) in [6, 6.07) is 0. The SMILES string of the molecule is C=CCC1CCCCC1(C)C=O. The van der Waals surface area contributed by atoms with Gasteiger partial charge in [0.15, 0.2) is 0 Å². The fourth-order valence-electron chi connectivity index (χ4n) is 2.17. The molecule has 2 unspecified atom stereocenters. The Morgan fingerprint density at radius 3 is 2.92 bits per heavy atom. The van der Waals surface area contributed by atoms with Gasteiger partial charge < -0.3 is 4.79 Å². The van der Waals surface area contributed by atoms with E-state index in [1.807, 2.05) is 6.08 Å². The van der Waals surface area contributed by atoms with Crippen LogP contribution in [-0.2, 0) is 4.79 Å². The van der Waals surface area contributed by atoms with E-state index in [4.69, 9.17) is 0 Å². The number of hydrogen-bond donors (Lipinski definition) is 0. The van der Waals surface area contributed by atoms with Crippen molar-refractivity contribution >= 4 is 6.29 Å². The minimum atomic E-state index is -0.0631. The molecule has 0 aliphatic heterocycles. The van der Waals surface area contributed by atoms with Crippen molar-refractivity contribution in [3.8, 4) is 0 Å². The summed E-state index contributed by atoms with van der Waals surface area (Å²) in [6.45, 7) is 5.83. The van der Waals surface area contributed by atoms with Crippen LogP contribution in [0.5, 0.6) is 0 Å². The number of carbonyl (C=O) groups is 1. The van der Waals surface area contributed by atoms with Crippen molar-refractivity contribution in [1.82, 2.24) is 0 Å². The van der Waals surface area contributed by atoms with Crippen molar-refractivity contribution in [2.24, 2.45) is 11.3 Å². The molecule has 0 N–H and O–H groups in total. The van der Waals surface area contributed by atoms with E-state index < -0.39 is 0 Å². The first-order chi connectivity index (χ1) is 5.73. The summed E-state index contributed by atoms with van der Waals surface area (Å²) in [5.41, 5.74) is -0.0631. The molecule has 1 saturated carbocycles. The second-order valence-electron chi connectivity index (χ2n) is 4.09. The van der Waals surface area contributed by atoms with E-state index in [2.05, 4.69) is 13.5 Å². The van der Waals surface area contributed by atoms with Gasteiger partial charge in [0.1, 0.15) is 6.29 Å². The van der Waals surface area contributed by atoms with E-state index in [0.717, 1.165) is 19.1 Å². The molecule has 68 valence electrons.